The average molecular weight is 333 g/mol. The summed E-state index contributed by atoms with van der Waals surface area (Å²) < 4.78 is 1.06. The lowest BCUT2D eigenvalue weighted by molar-refractivity contribution is 0.851. The second-order valence-electron chi connectivity index (χ2n) is 5.34. The Morgan fingerprint density at radius 3 is 2.50 bits per heavy atom. The van der Waals surface area contributed by atoms with Gasteiger partial charge in [0.15, 0.2) is 0 Å². The average Bonchev–Trinajstić information content (AvgIpc) is 2.40. The van der Waals surface area contributed by atoms with Crippen LogP contribution < -0.4 is 4.90 Å². The lowest BCUT2D eigenvalue weighted by Crippen LogP contribution is -2.21. The van der Waals surface area contributed by atoms with Crippen molar-refractivity contribution in [1.82, 2.24) is 4.98 Å². The van der Waals surface area contributed by atoms with E-state index in [2.05, 4.69) is 77.0 Å². The summed E-state index contributed by atoms with van der Waals surface area (Å²) in [5.74, 6) is 1.02. The monoisotopic (exact) mass is 332 g/mol. The van der Waals surface area contributed by atoms with Crippen LogP contribution in [0.4, 0.5) is 5.82 Å². The molecule has 20 heavy (non-hydrogen) atoms. The number of likely N-dealkylation sites (N-methyl/N-ethyl adjacent to an activating group) is 1. The smallest absolute Gasteiger partial charge is 0.128 e. The molecule has 0 aliphatic rings. The lowest BCUT2D eigenvalue weighted by Gasteiger charge is -2.19. The molecule has 0 fully saturated rings. The Kier molecular flexibility index (Phi) is 4.81. The van der Waals surface area contributed by atoms with Gasteiger partial charge in [0.2, 0.25) is 0 Å². The van der Waals surface area contributed by atoms with Crippen LogP contribution in [0.2, 0.25) is 0 Å². The predicted octanol–water partition coefficient (Wildman–Crippen LogP) is 4.45. The first-order valence-corrected chi connectivity index (χ1v) is 7.67. The number of hydrogen-bond donors (Lipinski definition) is 0. The number of aryl methyl sites for hydroxylation is 3. The molecule has 0 radical (unpaired) electrons. The van der Waals surface area contributed by atoms with Gasteiger partial charge in [-0.1, -0.05) is 23.8 Å². The van der Waals surface area contributed by atoms with E-state index in [4.69, 9.17) is 0 Å². The van der Waals surface area contributed by atoms with Crippen LogP contribution in [0.15, 0.2) is 34.8 Å². The van der Waals surface area contributed by atoms with Gasteiger partial charge in [0.05, 0.1) is 5.69 Å². The zero-order chi connectivity index (χ0) is 14.7. The SMILES string of the molecule is Cc1ccc(CCN(C)c2ccc(Br)c(C)n2)c(C)c1. The van der Waals surface area contributed by atoms with Crippen LogP contribution in [0.25, 0.3) is 0 Å². The standard InChI is InChI=1S/C17H21BrN2/c1-12-5-6-15(13(2)11-12)9-10-20(4)17-8-7-16(18)14(3)19-17/h5-8,11H,9-10H2,1-4H3. The fraction of sp³-hybridized carbons (Fsp3) is 0.353. The van der Waals surface area contributed by atoms with Gasteiger partial charge in [-0.2, -0.15) is 0 Å². The molecule has 0 aliphatic heterocycles. The maximum absolute atomic E-state index is 4.60. The van der Waals surface area contributed by atoms with E-state index in [9.17, 15) is 0 Å². The van der Waals surface area contributed by atoms with Crippen molar-refractivity contribution < 1.29 is 0 Å². The van der Waals surface area contributed by atoms with Crippen LogP contribution in [0.3, 0.4) is 0 Å². The van der Waals surface area contributed by atoms with Gasteiger partial charge in [-0.05, 0) is 66.4 Å². The number of rotatable bonds is 4. The molecule has 3 heteroatoms. The van der Waals surface area contributed by atoms with Crippen molar-refractivity contribution in [3.63, 3.8) is 0 Å². The molecule has 1 heterocycles. The Labute approximate surface area is 130 Å². The van der Waals surface area contributed by atoms with E-state index in [1.165, 1.54) is 16.7 Å². The first-order chi connectivity index (χ1) is 9.47. The van der Waals surface area contributed by atoms with E-state index < -0.39 is 0 Å². The molecule has 1 aromatic carbocycles. The first-order valence-electron chi connectivity index (χ1n) is 6.88. The highest BCUT2D eigenvalue weighted by Gasteiger charge is 2.06. The van der Waals surface area contributed by atoms with Crippen molar-refractivity contribution in [3.8, 4) is 0 Å². The zero-order valence-corrected chi connectivity index (χ0v) is 14.2. The van der Waals surface area contributed by atoms with Gasteiger partial charge < -0.3 is 4.90 Å². The molecule has 2 rings (SSSR count). The van der Waals surface area contributed by atoms with Crippen molar-refractivity contribution in [2.75, 3.05) is 18.5 Å². The minimum absolute atomic E-state index is 0.970. The van der Waals surface area contributed by atoms with Gasteiger partial charge >= 0.3 is 0 Å². The summed E-state index contributed by atoms with van der Waals surface area (Å²) in [6, 6.07) is 10.8. The van der Waals surface area contributed by atoms with Crippen LogP contribution in [0, 0.1) is 20.8 Å². The molecule has 0 aliphatic carbocycles. The number of aromatic nitrogens is 1. The van der Waals surface area contributed by atoms with Gasteiger partial charge in [-0.3, -0.25) is 0 Å². The number of hydrogen-bond acceptors (Lipinski definition) is 2. The fourth-order valence-electron chi connectivity index (χ4n) is 2.27. The second-order valence-corrected chi connectivity index (χ2v) is 6.19. The van der Waals surface area contributed by atoms with E-state index in [-0.39, 0.29) is 0 Å². The highest BCUT2D eigenvalue weighted by molar-refractivity contribution is 9.10. The van der Waals surface area contributed by atoms with E-state index in [0.29, 0.717) is 0 Å². The Balaban J connectivity index is 2.04. The third-order valence-corrected chi connectivity index (χ3v) is 4.45. The molecular formula is C17H21BrN2. The van der Waals surface area contributed by atoms with Gasteiger partial charge in [-0.25, -0.2) is 4.98 Å². The molecule has 0 unspecified atom stereocenters. The number of anilines is 1. The van der Waals surface area contributed by atoms with Crippen molar-refractivity contribution >= 4 is 21.7 Å². The van der Waals surface area contributed by atoms with Crippen LogP contribution in [0.1, 0.15) is 22.4 Å². The maximum Gasteiger partial charge on any atom is 0.128 e. The minimum atomic E-state index is 0.970. The third kappa shape index (κ3) is 3.60. The summed E-state index contributed by atoms with van der Waals surface area (Å²) in [6.45, 7) is 7.31. The first kappa shape index (κ1) is 15.0. The van der Waals surface area contributed by atoms with Crippen molar-refractivity contribution in [1.29, 1.82) is 0 Å². The van der Waals surface area contributed by atoms with Crippen molar-refractivity contribution in [3.05, 3.63) is 57.2 Å². The molecular weight excluding hydrogens is 312 g/mol. The summed E-state index contributed by atoms with van der Waals surface area (Å²) in [7, 11) is 2.10. The van der Waals surface area contributed by atoms with Gasteiger partial charge in [-0.15, -0.1) is 0 Å². The largest absolute Gasteiger partial charge is 0.359 e. The molecule has 0 N–H and O–H groups in total. The van der Waals surface area contributed by atoms with E-state index in [0.717, 1.165) is 29.0 Å². The maximum atomic E-state index is 4.60. The fourth-order valence-corrected chi connectivity index (χ4v) is 2.49. The zero-order valence-electron chi connectivity index (χ0n) is 12.6. The molecule has 2 aromatic rings. The minimum Gasteiger partial charge on any atom is -0.359 e. The predicted molar refractivity (Wildman–Crippen MR) is 89.6 cm³/mol. The summed E-state index contributed by atoms with van der Waals surface area (Å²) in [5.41, 5.74) is 5.14. The summed E-state index contributed by atoms with van der Waals surface area (Å²) in [6.07, 6.45) is 1.04. The van der Waals surface area contributed by atoms with Crippen molar-refractivity contribution in [2.45, 2.75) is 27.2 Å². The van der Waals surface area contributed by atoms with Gasteiger partial charge in [0, 0.05) is 18.1 Å². The van der Waals surface area contributed by atoms with Crippen LogP contribution >= 0.6 is 15.9 Å². The third-order valence-electron chi connectivity index (χ3n) is 3.61. The Morgan fingerprint density at radius 1 is 1.10 bits per heavy atom. The molecule has 0 amide bonds. The summed E-state index contributed by atoms with van der Waals surface area (Å²) >= 11 is 3.49. The van der Waals surface area contributed by atoms with Crippen molar-refractivity contribution in [2.24, 2.45) is 0 Å². The van der Waals surface area contributed by atoms with Gasteiger partial charge in [0.25, 0.3) is 0 Å². The lowest BCUT2D eigenvalue weighted by atomic mass is 10.0. The van der Waals surface area contributed by atoms with Crippen LogP contribution in [-0.4, -0.2) is 18.6 Å². The molecule has 0 bridgehead atoms. The molecule has 0 spiro atoms. The number of pyridine rings is 1. The Morgan fingerprint density at radius 2 is 1.85 bits per heavy atom. The number of benzene rings is 1. The molecule has 0 saturated carbocycles. The number of halogens is 1. The molecule has 106 valence electrons. The van der Waals surface area contributed by atoms with E-state index >= 15 is 0 Å². The highest BCUT2D eigenvalue weighted by Crippen LogP contribution is 2.19. The Hall–Kier alpha value is -1.35. The second kappa shape index (κ2) is 6.40. The van der Waals surface area contributed by atoms with Gasteiger partial charge in [0.1, 0.15) is 5.82 Å². The van der Waals surface area contributed by atoms with Crippen LogP contribution in [-0.2, 0) is 6.42 Å². The van der Waals surface area contributed by atoms with E-state index in [1.807, 2.05) is 6.92 Å². The summed E-state index contributed by atoms with van der Waals surface area (Å²) in [5, 5.41) is 0. The molecule has 0 atom stereocenters. The van der Waals surface area contributed by atoms with Crippen LogP contribution in [0.5, 0.6) is 0 Å². The summed E-state index contributed by atoms with van der Waals surface area (Å²) in [4.78, 5) is 6.81. The normalized spacial score (nSPS) is 10.7. The van der Waals surface area contributed by atoms with E-state index in [1.54, 1.807) is 0 Å². The quantitative estimate of drug-likeness (QED) is 0.822. The highest BCUT2D eigenvalue weighted by atomic mass is 79.9. The Bertz CT molecular complexity index is 608. The topological polar surface area (TPSA) is 16.1 Å². The molecule has 2 nitrogen and oxygen atoms in total. The number of nitrogens with zero attached hydrogens (tertiary/aromatic N) is 2. The molecule has 0 saturated heterocycles. The molecule has 1 aromatic heterocycles.